The Bertz CT molecular complexity index is 605. The lowest BCUT2D eigenvalue weighted by Gasteiger charge is -2.09. The van der Waals surface area contributed by atoms with Gasteiger partial charge in [-0.2, -0.15) is 5.26 Å². The van der Waals surface area contributed by atoms with Gasteiger partial charge in [-0.05, 0) is 34.1 Å². The van der Waals surface area contributed by atoms with Crippen LogP contribution in [0.4, 0.5) is 0 Å². The molecule has 90 valence electrons. The molecule has 0 aliphatic heterocycles. The molecule has 4 heteroatoms. The van der Waals surface area contributed by atoms with Gasteiger partial charge in [-0.15, -0.1) is 0 Å². The topological polar surface area (TPSA) is 33.0 Å². The minimum Gasteiger partial charge on any atom is -0.487 e. The molecule has 2 aromatic rings. The van der Waals surface area contributed by atoms with E-state index in [-0.39, 0.29) is 0 Å². The number of nitrogens with zero attached hydrogens (tertiary/aromatic N) is 1. The Kier molecular flexibility index (Phi) is 4.40. The first-order chi connectivity index (χ1) is 8.72. The van der Waals surface area contributed by atoms with Crippen molar-refractivity contribution in [2.24, 2.45) is 0 Å². The van der Waals surface area contributed by atoms with E-state index in [4.69, 9.17) is 10.00 Å². The standard InChI is InChI=1S/C14H9Br2NO/c15-12-5-2-1-4-10(12)9-18-14-7-3-6-13(16)11(14)8-17/h1-7H,9H2. The maximum atomic E-state index is 9.08. The number of hydrogen-bond donors (Lipinski definition) is 0. The Morgan fingerprint density at radius 3 is 2.44 bits per heavy atom. The maximum Gasteiger partial charge on any atom is 0.138 e. The van der Waals surface area contributed by atoms with Crippen LogP contribution in [0.3, 0.4) is 0 Å². The fourth-order valence-corrected chi connectivity index (χ4v) is 2.34. The minimum atomic E-state index is 0.423. The van der Waals surface area contributed by atoms with Gasteiger partial charge >= 0.3 is 0 Å². The number of nitriles is 1. The Hall–Kier alpha value is -1.31. The molecule has 2 rings (SSSR count). The zero-order valence-corrected chi connectivity index (χ0v) is 12.5. The second kappa shape index (κ2) is 6.03. The summed E-state index contributed by atoms with van der Waals surface area (Å²) in [4.78, 5) is 0. The Balaban J connectivity index is 2.19. The molecule has 2 nitrogen and oxygen atoms in total. The fraction of sp³-hybridized carbons (Fsp3) is 0.0714. The van der Waals surface area contributed by atoms with Crippen LogP contribution < -0.4 is 4.74 Å². The molecule has 0 N–H and O–H groups in total. The highest BCUT2D eigenvalue weighted by atomic mass is 79.9. The highest BCUT2D eigenvalue weighted by Gasteiger charge is 2.07. The van der Waals surface area contributed by atoms with Gasteiger partial charge in [-0.25, -0.2) is 0 Å². The van der Waals surface area contributed by atoms with Crippen LogP contribution in [0.2, 0.25) is 0 Å². The summed E-state index contributed by atoms with van der Waals surface area (Å²) in [5.41, 5.74) is 1.56. The molecule has 0 fully saturated rings. The summed E-state index contributed by atoms with van der Waals surface area (Å²) in [6.45, 7) is 0.423. The van der Waals surface area contributed by atoms with Crippen LogP contribution in [0.25, 0.3) is 0 Å². The van der Waals surface area contributed by atoms with Crippen LogP contribution in [0.15, 0.2) is 51.4 Å². The minimum absolute atomic E-state index is 0.423. The van der Waals surface area contributed by atoms with Gasteiger partial charge in [0.25, 0.3) is 0 Å². The molecule has 0 heterocycles. The van der Waals surface area contributed by atoms with Crippen molar-refractivity contribution in [3.05, 3.63) is 62.5 Å². The summed E-state index contributed by atoms with van der Waals surface area (Å²) in [5.74, 6) is 0.586. The molecule has 0 aliphatic carbocycles. The fourth-order valence-electron chi connectivity index (χ4n) is 1.50. The van der Waals surface area contributed by atoms with Crippen LogP contribution in [-0.2, 0) is 6.61 Å². The molecule has 0 radical (unpaired) electrons. The van der Waals surface area contributed by atoms with E-state index >= 15 is 0 Å². The van der Waals surface area contributed by atoms with Gasteiger partial charge in [0.05, 0.1) is 0 Å². The third-order valence-corrected chi connectivity index (χ3v) is 3.86. The van der Waals surface area contributed by atoms with Gasteiger partial charge < -0.3 is 4.74 Å². The molecule has 0 saturated heterocycles. The zero-order valence-electron chi connectivity index (χ0n) is 9.36. The first-order valence-corrected chi connectivity index (χ1v) is 6.86. The summed E-state index contributed by atoms with van der Waals surface area (Å²) < 4.78 is 7.44. The van der Waals surface area contributed by atoms with Crippen molar-refractivity contribution in [3.63, 3.8) is 0 Å². The van der Waals surface area contributed by atoms with Crippen LogP contribution in [0.1, 0.15) is 11.1 Å². The summed E-state index contributed by atoms with van der Waals surface area (Å²) >= 11 is 6.80. The van der Waals surface area contributed by atoms with E-state index in [2.05, 4.69) is 37.9 Å². The van der Waals surface area contributed by atoms with Crippen molar-refractivity contribution in [2.45, 2.75) is 6.61 Å². The van der Waals surface area contributed by atoms with Crippen LogP contribution in [0, 0.1) is 11.3 Å². The van der Waals surface area contributed by atoms with Crippen molar-refractivity contribution < 1.29 is 4.74 Å². The van der Waals surface area contributed by atoms with E-state index in [0.717, 1.165) is 14.5 Å². The number of halogens is 2. The molecule has 0 spiro atoms. The molecule has 0 aromatic heterocycles. The molecule has 0 saturated carbocycles. The highest BCUT2D eigenvalue weighted by molar-refractivity contribution is 9.10. The summed E-state index contributed by atoms with van der Waals surface area (Å²) in [6, 6.07) is 15.4. The normalized spacial score (nSPS) is 9.83. The number of hydrogen-bond acceptors (Lipinski definition) is 2. The lowest BCUT2D eigenvalue weighted by atomic mass is 10.2. The maximum absolute atomic E-state index is 9.08. The summed E-state index contributed by atoms with van der Waals surface area (Å²) in [6.07, 6.45) is 0. The van der Waals surface area contributed by atoms with Gasteiger partial charge in [-0.3, -0.25) is 0 Å². The molecular formula is C14H9Br2NO. The van der Waals surface area contributed by atoms with Crippen LogP contribution in [-0.4, -0.2) is 0 Å². The Morgan fingerprint density at radius 1 is 1.00 bits per heavy atom. The van der Waals surface area contributed by atoms with Crippen LogP contribution in [0.5, 0.6) is 5.75 Å². The summed E-state index contributed by atoms with van der Waals surface area (Å²) in [5, 5.41) is 9.08. The van der Waals surface area contributed by atoms with Crippen molar-refractivity contribution in [3.8, 4) is 11.8 Å². The smallest absolute Gasteiger partial charge is 0.138 e. The number of ether oxygens (including phenoxy) is 1. The lowest BCUT2D eigenvalue weighted by Crippen LogP contribution is -1.98. The molecular weight excluding hydrogens is 358 g/mol. The number of benzene rings is 2. The third-order valence-electron chi connectivity index (χ3n) is 2.43. The van der Waals surface area contributed by atoms with Crippen molar-refractivity contribution >= 4 is 31.9 Å². The van der Waals surface area contributed by atoms with E-state index in [0.29, 0.717) is 17.9 Å². The monoisotopic (exact) mass is 365 g/mol. The van der Waals surface area contributed by atoms with Gasteiger partial charge in [0, 0.05) is 14.5 Å². The predicted molar refractivity (Wildman–Crippen MR) is 77.3 cm³/mol. The Labute approximate surface area is 122 Å². The first kappa shape index (κ1) is 13.1. The molecule has 2 aromatic carbocycles. The third kappa shape index (κ3) is 2.92. The van der Waals surface area contributed by atoms with Gasteiger partial charge in [0.1, 0.15) is 24.0 Å². The van der Waals surface area contributed by atoms with E-state index < -0.39 is 0 Å². The largest absolute Gasteiger partial charge is 0.487 e. The van der Waals surface area contributed by atoms with E-state index in [1.807, 2.05) is 36.4 Å². The van der Waals surface area contributed by atoms with Gasteiger partial charge in [-0.1, -0.05) is 40.2 Å². The van der Waals surface area contributed by atoms with E-state index in [9.17, 15) is 0 Å². The van der Waals surface area contributed by atoms with Crippen molar-refractivity contribution in [1.82, 2.24) is 0 Å². The predicted octanol–water partition coefficient (Wildman–Crippen LogP) is 4.66. The van der Waals surface area contributed by atoms with Crippen LogP contribution >= 0.6 is 31.9 Å². The van der Waals surface area contributed by atoms with Crippen molar-refractivity contribution in [2.75, 3.05) is 0 Å². The lowest BCUT2D eigenvalue weighted by molar-refractivity contribution is 0.304. The molecule has 0 unspecified atom stereocenters. The first-order valence-electron chi connectivity index (χ1n) is 5.27. The average Bonchev–Trinajstić information content (AvgIpc) is 2.38. The zero-order chi connectivity index (χ0) is 13.0. The summed E-state index contributed by atoms with van der Waals surface area (Å²) in [7, 11) is 0. The molecule has 0 amide bonds. The van der Waals surface area contributed by atoms with Gasteiger partial charge in [0.15, 0.2) is 0 Å². The highest BCUT2D eigenvalue weighted by Crippen LogP contribution is 2.27. The second-order valence-electron chi connectivity index (χ2n) is 3.60. The molecule has 18 heavy (non-hydrogen) atoms. The molecule has 0 bridgehead atoms. The van der Waals surface area contributed by atoms with Crippen molar-refractivity contribution in [1.29, 1.82) is 5.26 Å². The van der Waals surface area contributed by atoms with Gasteiger partial charge in [0.2, 0.25) is 0 Å². The second-order valence-corrected chi connectivity index (χ2v) is 5.31. The Morgan fingerprint density at radius 2 is 1.72 bits per heavy atom. The molecule has 0 atom stereocenters. The van der Waals surface area contributed by atoms with E-state index in [1.54, 1.807) is 6.07 Å². The SMILES string of the molecule is N#Cc1c(Br)cccc1OCc1ccccc1Br. The molecule has 0 aliphatic rings. The quantitative estimate of drug-likeness (QED) is 0.791. The number of rotatable bonds is 3. The average molecular weight is 367 g/mol. The van der Waals surface area contributed by atoms with E-state index in [1.165, 1.54) is 0 Å².